The van der Waals surface area contributed by atoms with Crippen LogP contribution in [-0.2, 0) is 16.0 Å². The smallest absolute Gasteiger partial charge is 0.332 e. The predicted octanol–water partition coefficient (Wildman–Crippen LogP) is 1.61. The molecule has 1 heterocycles. The van der Waals surface area contributed by atoms with Crippen LogP contribution in [0.3, 0.4) is 0 Å². The minimum atomic E-state index is -0.935. The van der Waals surface area contributed by atoms with Crippen molar-refractivity contribution in [1.29, 1.82) is 0 Å². The fourth-order valence-electron chi connectivity index (χ4n) is 2.39. The molecular formula is C15H19NO4. The Labute approximate surface area is 117 Å². The van der Waals surface area contributed by atoms with Crippen LogP contribution in [0.2, 0.25) is 0 Å². The molecule has 0 bridgehead atoms. The van der Waals surface area contributed by atoms with Crippen molar-refractivity contribution in [2.45, 2.75) is 38.4 Å². The van der Waals surface area contributed by atoms with Crippen molar-refractivity contribution in [3.05, 3.63) is 35.4 Å². The third kappa shape index (κ3) is 3.36. The first-order valence-corrected chi connectivity index (χ1v) is 6.86. The highest BCUT2D eigenvalue weighted by Crippen LogP contribution is 2.19. The number of carboxylic acids is 1. The van der Waals surface area contributed by atoms with E-state index in [1.165, 1.54) is 0 Å². The molecule has 2 unspecified atom stereocenters. The van der Waals surface area contributed by atoms with Gasteiger partial charge in [-0.25, -0.2) is 4.79 Å². The second-order valence-electron chi connectivity index (χ2n) is 4.88. The molecule has 0 aliphatic carbocycles. The first kappa shape index (κ1) is 14.5. The van der Waals surface area contributed by atoms with E-state index in [2.05, 4.69) is 5.32 Å². The molecule has 1 aromatic carbocycles. The Morgan fingerprint density at radius 3 is 2.75 bits per heavy atom. The average Bonchev–Trinajstić information content (AvgIpc) is 2.94. The largest absolute Gasteiger partial charge is 0.479 e. The number of carboxylic acid groups (broad SMARTS) is 1. The fraction of sp³-hybridized carbons (Fsp3) is 0.467. The molecule has 2 atom stereocenters. The molecule has 1 aromatic rings. The molecule has 1 fully saturated rings. The summed E-state index contributed by atoms with van der Waals surface area (Å²) in [7, 11) is 0. The number of aryl methyl sites for hydroxylation is 1. The van der Waals surface area contributed by atoms with Crippen LogP contribution in [0.25, 0.3) is 0 Å². The first-order valence-electron chi connectivity index (χ1n) is 6.86. The minimum Gasteiger partial charge on any atom is -0.479 e. The molecule has 0 saturated carbocycles. The van der Waals surface area contributed by atoms with Gasteiger partial charge in [0, 0.05) is 12.1 Å². The van der Waals surface area contributed by atoms with E-state index in [0.29, 0.717) is 24.9 Å². The van der Waals surface area contributed by atoms with Gasteiger partial charge in [-0.15, -0.1) is 0 Å². The number of rotatable bonds is 5. The van der Waals surface area contributed by atoms with E-state index in [4.69, 9.17) is 9.84 Å². The Kier molecular flexibility index (Phi) is 4.74. The number of benzene rings is 1. The van der Waals surface area contributed by atoms with Gasteiger partial charge in [-0.3, -0.25) is 4.79 Å². The summed E-state index contributed by atoms with van der Waals surface area (Å²) in [6.45, 7) is 2.35. The van der Waals surface area contributed by atoms with E-state index in [1.807, 2.05) is 25.1 Å². The Hall–Kier alpha value is -1.88. The summed E-state index contributed by atoms with van der Waals surface area (Å²) in [6.07, 6.45) is 1.01. The summed E-state index contributed by atoms with van der Waals surface area (Å²) in [5, 5.41) is 11.7. The monoisotopic (exact) mass is 277 g/mol. The van der Waals surface area contributed by atoms with Gasteiger partial charge in [-0.1, -0.05) is 25.1 Å². The number of ether oxygens (including phenoxy) is 1. The third-order valence-corrected chi connectivity index (χ3v) is 3.52. The number of hydrogen-bond acceptors (Lipinski definition) is 3. The maximum absolute atomic E-state index is 12.1. The van der Waals surface area contributed by atoms with Gasteiger partial charge >= 0.3 is 5.97 Å². The lowest BCUT2D eigenvalue weighted by Crippen LogP contribution is -2.33. The zero-order valence-corrected chi connectivity index (χ0v) is 11.5. The number of nitrogens with one attached hydrogen (secondary N) is 1. The molecule has 0 aromatic heterocycles. The zero-order valence-electron chi connectivity index (χ0n) is 11.5. The van der Waals surface area contributed by atoms with Crippen LogP contribution < -0.4 is 5.32 Å². The predicted molar refractivity (Wildman–Crippen MR) is 73.7 cm³/mol. The van der Waals surface area contributed by atoms with Crippen molar-refractivity contribution in [2.24, 2.45) is 0 Å². The standard InChI is InChI=1S/C15H19NO4/c1-2-10-5-3-4-6-12(10)14(17)16-9-11-7-8-13(20-11)15(18)19/h3-6,11,13H,2,7-9H2,1H3,(H,16,17)(H,18,19). The SMILES string of the molecule is CCc1ccccc1C(=O)NCC1CCC(C(=O)O)O1. The van der Waals surface area contributed by atoms with Gasteiger partial charge in [0.2, 0.25) is 0 Å². The topological polar surface area (TPSA) is 75.6 Å². The first-order chi connectivity index (χ1) is 9.61. The molecular weight excluding hydrogens is 258 g/mol. The summed E-state index contributed by atoms with van der Waals surface area (Å²) < 4.78 is 5.35. The number of carbonyl (C=O) groups excluding carboxylic acids is 1. The molecule has 5 nitrogen and oxygen atoms in total. The zero-order chi connectivity index (χ0) is 14.5. The van der Waals surface area contributed by atoms with Crippen molar-refractivity contribution >= 4 is 11.9 Å². The van der Waals surface area contributed by atoms with E-state index in [9.17, 15) is 9.59 Å². The maximum Gasteiger partial charge on any atom is 0.332 e. The maximum atomic E-state index is 12.1. The minimum absolute atomic E-state index is 0.134. The van der Waals surface area contributed by atoms with Gasteiger partial charge in [0.15, 0.2) is 6.10 Å². The van der Waals surface area contributed by atoms with E-state index in [0.717, 1.165) is 12.0 Å². The van der Waals surface area contributed by atoms with Crippen LogP contribution in [0.5, 0.6) is 0 Å². The molecule has 1 aliphatic rings. The van der Waals surface area contributed by atoms with Gasteiger partial charge in [-0.05, 0) is 30.9 Å². The van der Waals surface area contributed by atoms with Gasteiger partial charge in [0.05, 0.1) is 6.10 Å². The molecule has 108 valence electrons. The average molecular weight is 277 g/mol. The number of carbonyl (C=O) groups is 2. The van der Waals surface area contributed by atoms with Crippen molar-refractivity contribution in [1.82, 2.24) is 5.32 Å². The number of aliphatic carboxylic acids is 1. The number of hydrogen-bond donors (Lipinski definition) is 2. The van der Waals surface area contributed by atoms with Crippen LogP contribution in [0, 0.1) is 0 Å². The van der Waals surface area contributed by atoms with Crippen LogP contribution >= 0.6 is 0 Å². The summed E-state index contributed by atoms with van der Waals surface area (Å²) in [6, 6.07) is 7.47. The lowest BCUT2D eigenvalue weighted by Gasteiger charge is -2.13. The highest BCUT2D eigenvalue weighted by molar-refractivity contribution is 5.95. The van der Waals surface area contributed by atoms with Gasteiger partial charge in [0.25, 0.3) is 5.91 Å². The molecule has 1 aliphatic heterocycles. The van der Waals surface area contributed by atoms with E-state index < -0.39 is 12.1 Å². The molecule has 20 heavy (non-hydrogen) atoms. The molecule has 1 saturated heterocycles. The van der Waals surface area contributed by atoms with Gasteiger partial charge in [-0.2, -0.15) is 0 Å². The Morgan fingerprint density at radius 2 is 2.10 bits per heavy atom. The van der Waals surface area contributed by atoms with Crippen molar-refractivity contribution < 1.29 is 19.4 Å². The molecule has 0 radical (unpaired) electrons. The van der Waals surface area contributed by atoms with E-state index >= 15 is 0 Å². The van der Waals surface area contributed by atoms with Gasteiger partial charge < -0.3 is 15.2 Å². The molecule has 1 amide bonds. The van der Waals surface area contributed by atoms with Crippen molar-refractivity contribution in [3.8, 4) is 0 Å². The Bertz CT molecular complexity index is 500. The highest BCUT2D eigenvalue weighted by atomic mass is 16.5. The summed E-state index contributed by atoms with van der Waals surface area (Å²) in [5.41, 5.74) is 1.67. The van der Waals surface area contributed by atoms with E-state index in [1.54, 1.807) is 6.07 Å². The fourth-order valence-corrected chi connectivity index (χ4v) is 2.39. The van der Waals surface area contributed by atoms with Crippen LogP contribution in [0.15, 0.2) is 24.3 Å². The lowest BCUT2D eigenvalue weighted by molar-refractivity contribution is -0.149. The van der Waals surface area contributed by atoms with Crippen LogP contribution in [0.4, 0.5) is 0 Å². The summed E-state index contributed by atoms with van der Waals surface area (Å²) >= 11 is 0. The highest BCUT2D eigenvalue weighted by Gasteiger charge is 2.30. The second-order valence-corrected chi connectivity index (χ2v) is 4.88. The Balaban J connectivity index is 1.88. The van der Waals surface area contributed by atoms with Gasteiger partial charge in [0.1, 0.15) is 0 Å². The van der Waals surface area contributed by atoms with E-state index in [-0.39, 0.29) is 12.0 Å². The molecule has 2 N–H and O–H groups in total. The normalized spacial score (nSPS) is 21.6. The third-order valence-electron chi connectivity index (χ3n) is 3.52. The quantitative estimate of drug-likeness (QED) is 0.857. The summed E-state index contributed by atoms with van der Waals surface area (Å²) in [5.74, 6) is -1.07. The molecule has 5 heteroatoms. The van der Waals surface area contributed by atoms with Crippen molar-refractivity contribution in [3.63, 3.8) is 0 Å². The molecule has 0 spiro atoms. The van der Waals surface area contributed by atoms with Crippen molar-refractivity contribution in [2.75, 3.05) is 6.54 Å². The molecule has 2 rings (SSSR count). The van der Waals surface area contributed by atoms with Crippen LogP contribution in [0.1, 0.15) is 35.7 Å². The summed E-state index contributed by atoms with van der Waals surface area (Å²) in [4.78, 5) is 22.9. The lowest BCUT2D eigenvalue weighted by atomic mass is 10.0. The number of amides is 1. The Morgan fingerprint density at radius 1 is 1.35 bits per heavy atom. The second kappa shape index (κ2) is 6.52. The van der Waals surface area contributed by atoms with Crippen LogP contribution in [-0.4, -0.2) is 35.7 Å².